The predicted molar refractivity (Wildman–Crippen MR) is 73.2 cm³/mol. The van der Waals surface area contributed by atoms with E-state index in [4.69, 9.17) is 9.84 Å². The van der Waals surface area contributed by atoms with Crippen molar-refractivity contribution in [3.05, 3.63) is 29.3 Å². The minimum atomic E-state index is -1.23. The third-order valence-electron chi connectivity index (χ3n) is 3.47. The topological polar surface area (TPSA) is 105 Å². The van der Waals surface area contributed by atoms with Gasteiger partial charge in [-0.05, 0) is 18.6 Å². The van der Waals surface area contributed by atoms with Gasteiger partial charge in [0.05, 0.1) is 12.7 Å². The van der Waals surface area contributed by atoms with Gasteiger partial charge in [-0.1, -0.05) is 19.4 Å². The van der Waals surface area contributed by atoms with E-state index in [-0.39, 0.29) is 11.3 Å². The number of carboxylic acid groups (broad SMARTS) is 1. The number of amides is 3. The second kappa shape index (κ2) is 5.43. The van der Waals surface area contributed by atoms with E-state index in [1.807, 2.05) is 6.92 Å². The Balaban J connectivity index is 2.58. The molecule has 1 aliphatic rings. The summed E-state index contributed by atoms with van der Waals surface area (Å²) >= 11 is 0. The molecule has 112 valence electrons. The van der Waals surface area contributed by atoms with Gasteiger partial charge in [0.1, 0.15) is 11.3 Å². The molecule has 7 heteroatoms. The summed E-state index contributed by atoms with van der Waals surface area (Å²) in [6.07, 6.45) is 1.03. The molecular formula is C14H16N2O5. The number of hydrogen-bond acceptors (Lipinski definition) is 4. The summed E-state index contributed by atoms with van der Waals surface area (Å²) < 4.78 is 5.21. The average molecular weight is 292 g/mol. The number of urea groups is 1. The maximum absolute atomic E-state index is 12.2. The zero-order chi connectivity index (χ0) is 15.6. The average Bonchev–Trinajstić information content (AvgIpc) is 2.73. The minimum absolute atomic E-state index is 0.0481. The molecule has 1 unspecified atom stereocenters. The number of ether oxygens (including phenoxy) is 1. The van der Waals surface area contributed by atoms with Gasteiger partial charge in [0.25, 0.3) is 5.91 Å². The largest absolute Gasteiger partial charge is 0.496 e. The molecule has 1 heterocycles. The van der Waals surface area contributed by atoms with Gasteiger partial charge in [-0.2, -0.15) is 0 Å². The Morgan fingerprint density at radius 3 is 2.57 bits per heavy atom. The standard InChI is InChI=1S/C14H16N2O5/c1-3-6-14(12(19)15-13(20)16-14)9-5-4-8(11(17)18)7-10(9)21-2/h4-5,7H,3,6H2,1-2H3,(H,17,18)(H2,15,16,19,20). The van der Waals surface area contributed by atoms with E-state index in [1.54, 1.807) is 0 Å². The van der Waals surface area contributed by atoms with E-state index >= 15 is 0 Å². The molecular weight excluding hydrogens is 276 g/mol. The zero-order valence-corrected chi connectivity index (χ0v) is 11.7. The third-order valence-corrected chi connectivity index (χ3v) is 3.47. The number of methoxy groups -OCH3 is 1. The molecule has 7 nitrogen and oxygen atoms in total. The van der Waals surface area contributed by atoms with Gasteiger partial charge in [0.15, 0.2) is 0 Å². The molecule has 0 aromatic heterocycles. The van der Waals surface area contributed by atoms with E-state index < -0.39 is 23.4 Å². The van der Waals surface area contributed by atoms with Crippen molar-refractivity contribution in [2.24, 2.45) is 0 Å². The highest BCUT2D eigenvalue weighted by molar-refractivity contribution is 6.07. The number of aromatic carboxylic acids is 1. The number of carboxylic acids is 1. The first kappa shape index (κ1) is 14.8. The maximum Gasteiger partial charge on any atom is 0.335 e. The van der Waals surface area contributed by atoms with Crippen LogP contribution in [0.25, 0.3) is 0 Å². The van der Waals surface area contributed by atoms with Gasteiger partial charge in [0, 0.05) is 5.56 Å². The number of rotatable bonds is 5. The van der Waals surface area contributed by atoms with Crippen LogP contribution < -0.4 is 15.4 Å². The fourth-order valence-corrected chi connectivity index (χ4v) is 2.54. The minimum Gasteiger partial charge on any atom is -0.496 e. The highest BCUT2D eigenvalue weighted by Gasteiger charge is 2.48. The van der Waals surface area contributed by atoms with Crippen LogP contribution in [0.4, 0.5) is 4.79 Å². The lowest BCUT2D eigenvalue weighted by molar-refractivity contribution is -0.124. The van der Waals surface area contributed by atoms with Crippen molar-refractivity contribution < 1.29 is 24.2 Å². The summed E-state index contributed by atoms with van der Waals surface area (Å²) in [5.41, 5.74) is -0.735. The van der Waals surface area contributed by atoms with Crippen LogP contribution in [0, 0.1) is 0 Å². The molecule has 0 radical (unpaired) electrons. The summed E-state index contributed by atoms with van der Waals surface area (Å²) in [6, 6.07) is 3.66. The Morgan fingerprint density at radius 1 is 1.38 bits per heavy atom. The van der Waals surface area contributed by atoms with Gasteiger partial charge in [-0.15, -0.1) is 0 Å². The van der Waals surface area contributed by atoms with E-state index in [9.17, 15) is 14.4 Å². The molecule has 21 heavy (non-hydrogen) atoms. The summed E-state index contributed by atoms with van der Waals surface area (Å²) in [4.78, 5) is 34.8. The Kier molecular flexibility index (Phi) is 3.84. The molecule has 0 bridgehead atoms. The third kappa shape index (κ3) is 2.42. The Morgan fingerprint density at radius 2 is 2.10 bits per heavy atom. The predicted octanol–water partition coefficient (Wildman–Crippen LogP) is 1.23. The van der Waals surface area contributed by atoms with Crippen LogP contribution in [-0.4, -0.2) is 30.1 Å². The van der Waals surface area contributed by atoms with E-state index in [0.29, 0.717) is 18.4 Å². The van der Waals surface area contributed by atoms with Gasteiger partial charge in [-0.25, -0.2) is 9.59 Å². The molecule has 0 aliphatic carbocycles. The van der Waals surface area contributed by atoms with Crippen molar-refractivity contribution in [3.63, 3.8) is 0 Å². The molecule has 1 fully saturated rings. The SMILES string of the molecule is CCCC1(c2ccc(C(=O)O)cc2OC)NC(=O)NC1=O. The van der Waals surface area contributed by atoms with Crippen LogP contribution in [-0.2, 0) is 10.3 Å². The smallest absolute Gasteiger partial charge is 0.335 e. The lowest BCUT2D eigenvalue weighted by atomic mass is 9.84. The Bertz CT molecular complexity index is 613. The van der Waals surface area contributed by atoms with Crippen molar-refractivity contribution >= 4 is 17.9 Å². The summed E-state index contributed by atoms with van der Waals surface area (Å²) in [5, 5.41) is 13.9. The van der Waals surface area contributed by atoms with E-state index in [2.05, 4.69) is 10.6 Å². The van der Waals surface area contributed by atoms with Crippen LogP contribution >= 0.6 is 0 Å². The van der Waals surface area contributed by atoms with Crippen molar-refractivity contribution in [2.45, 2.75) is 25.3 Å². The van der Waals surface area contributed by atoms with Crippen LogP contribution in [0.5, 0.6) is 5.75 Å². The van der Waals surface area contributed by atoms with Gasteiger partial charge in [-0.3, -0.25) is 10.1 Å². The monoisotopic (exact) mass is 292 g/mol. The normalized spacial score (nSPS) is 20.9. The molecule has 3 N–H and O–H groups in total. The second-order valence-electron chi connectivity index (χ2n) is 4.78. The van der Waals surface area contributed by atoms with E-state index in [1.165, 1.54) is 25.3 Å². The maximum atomic E-state index is 12.2. The lowest BCUT2D eigenvalue weighted by Crippen LogP contribution is -2.44. The van der Waals surface area contributed by atoms with Crippen molar-refractivity contribution in [1.29, 1.82) is 0 Å². The number of carbonyl (C=O) groups excluding carboxylic acids is 2. The van der Waals surface area contributed by atoms with Gasteiger partial charge in [0.2, 0.25) is 0 Å². The molecule has 1 atom stereocenters. The summed E-state index contributed by atoms with van der Waals surface area (Å²) in [7, 11) is 1.39. The first-order valence-electron chi connectivity index (χ1n) is 6.50. The van der Waals surface area contributed by atoms with Gasteiger partial charge < -0.3 is 15.2 Å². The zero-order valence-electron chi connectivity index (χ0n) is 11.7. The fraction of sp³-hybridized carbons (Fsp3) is 0.357. The first-order chi connectivity index (χ1) is 9.94. The quantitative estimate of drug-likeness (QED) is 0.708. The number of hydrogen-bond donors (Lipinski definition) is 3. The Labute approximate surface area is 121 Å². The molecule has 0 saturated carbocycles. The van der Waals surface area contributed by atoms with Crippen molar-refractivity contribution in [2.75, 3.05) is 7.11 Å². The number of carbonyl (C=O) groups is 3. The number of imide groups is 1. The highest BCUT2D eigenvalue weighted by atomic mass is 16.5. The lowest BCUT2D eigenvalue weighted by Gasteiger charge is -2.27. The number of benzene rings is 1. The van der Waals surface area contributed by atoms with Crippen LogP contribution in [0.1, 0.15) is 35.7 Å². The second-order valence-corrected chi connectivity index (χ2v) is 4.78. The molecule has 1 aromatic rings. The van der Waals surface area contributed by atoms with E-state index in [0.717, 1.165) is 0 Å². The first-order valence-corrected chi connectivity index (χ1v) is 6.50. The summed E-state index contributed by atoms with van der Waals surface area (Å²) in [5.74, 6) is -1.30. The Hall–Kier alpha value is -2.57. The van der Waals surface area contributed by atoms with Crippen molar-refractivity contribution in [3.8, 4) is 5.75 Å². The summed E-state index contributed by atoms with van der Waals surface area (Å²) in [6.45, 7) is 1.89. The van der Waals surface area contributed by atoms with Crippen LogP contribution in [0.15, 0.2) is 18.2 Å². The van der Waals surface area contributed by atoms with Crippen LogP contribution in [0.2, 0.25) is 0 Å². The highest BCUT2D eigenvalue weighted by Crippen LogP contribution is 2.36. The molecule has 1 saturated heterocycles. The van der Waals surface area contributed by atoms with Gasteiger partial charge >= 0.3 is 12.0 Å². The molecule has 2 rings (SSSR count). The molecule has 1 aliphatic heterocycles. The molecule has 0 spiro atoms. The molecule has 3 amide bonds. The van der Waals surface area contributed by atoms with Crippen LogP contribution in [0.3, 0.4) is 0 Å². The molecule has 1 aromatic carbocycles. The fourth-order valence-electron chi connectivity index (χ4n) is 2.54. The number of nitrogens with one attached hydrogen (secondary N) is 2. The van der Waals surface area contributed by atoms with Crippen molar-refractivity contribution in [1.82, 2.24) is 10.6 Å².